The van der Waals surface area contributed by atoms with Crippen LogP contribution in [0.3, 0.4) is 0 Å². The Labute approximate surface area is 73.3 Å². The minimum atomic E-state index is 0.863. The van der Waals surface area contributed by atoms with Gasteiger partial charge < -0.3 is 5.32 Å². The third kappa shape index (κ3) is 2.12. The lowest BCUT2D eigenvalue weighted by atomic mass is 9.92. The molecule has 0 spiro atoms. The summed E-state index contributed by atoms with van der Waals surface area (Å²) in [7, 11) is 0. The zero-order chi connectivity index (χ0) is 7.52. The Morgan fingerprint density at radius 2 is 1.55 bits per heavy atom. The summed E-state index contributed by atoms with van der Waals surface area (Å²) in [6, 6.07) is 1.75. The van der Waals surface area contributed by atoms with Crippen LogP contribution in [-0.2, 0) is 0 Å². The predicted molar refractivity (Wildman–Crippen MR) is 51.1 cm³/mol. The molecule has 0 aromatic heterocycles. The maximum Gasteiger partial charge on any atom is 0.00853 e. The third-order valence-electron chi connectivity index (χ3n) is 2.80. The zero-order valence-corrected chi connectivity index (χ0v) is 7.83. The molecular weight excluding hydrogens is 154 g/mol. The lowest BCUT2D eigenvalue weighted by Crippen LogP contribution is -2.43. The second-order valence-electron chi connectivity index (χ2n) is 3.68. The maximum absolute atomic E-state index is 3.74. The van der Waals surface area contributed by atoms with E-state index in [4.69, 9.17) is 0 Å². The summed E-state index contributed by atoms with van der Waals surface area (Å²) in [6.45, 7) is 0. The van der Waals surface area contributed by atoms with E-state index in [-0.39, 0.29) is 0 Å². The molecule has 1 aliphatic heterocycles. The fourth-order valence-corrected chi connectivity index (χ4v) is 2.88. The van der Waals surface area contributed by atoms with Gasteiger partial charge in [0.1, 0.15) is 0 Å². The molecule has 0 unspecified atom stereocenters. The van der Waals surface area contributed by atoms with E-state index in [0.717, 1.165) is 12.1 Å². The van der Waals surface area contributed by atoms with Crippen molar-refractivity contribution >= 4 is 11.8 Å². The topological polar surface area (TPSA) is 12.0 Å². The van der Waals surface area contributed by atoms with Crippen LogP contribution in [-0.4, -0.2) is 23.6 Å². The Morgan fingerprint density at radius 1 is 0.909 bits per heavy atom. The first-order valence-electron chi connectivity index (χ1n) is 4.79. The average molecular weight is 171 g/mol. The van der Waals surface area contributed by atoms with Crippen LogP contribution in [0.4, 0.5) is 0 Å². The average Bonchev–Trinajstić information content (AvgIpc) is 1.99. The van der Waals surface area contributed by atoms with Gasteiger partial charge in [-0.2, -0.15) is 11.8 Å². The van der Waals surface area contributed by atoms with Crippen molar-refractivity contribution in [2.24, 2.45) is 0 Å². The maximum atomic E-state index is 3.74. The van der Waals surface area contributed by atoms with E-state index in [0.29, 0.717) is 0 Å². The van der Waals surface area contributed by atoms with Gasteiger partial charge in [0.25, 0.3) is 0 Å². The second kappa shape index (κ2) is 3.81. The molecule has 1 saturated heterocycles. The monoisotopic (exact) mass is 171 g/mol. The van der Waals surface area contributed by atoms with Crippen molar-refractivity contribution in [3.8, 4) is 0 Å². The second-order valence-corrected chi connectivity index (χ2v) is 4.91. The van der Waals surface area contributed by atoms with Crippen molar-refractivity contribution in [2.75, 3.05) is 11.5 Å². The first-order valence-corrected chi connectivity index (χ1v) is 5.94. The van der Waals surface area contributed by atoms with Crippen molar-refractivity contribution in [1.82, 2.24) is 5.32 Å². The Morgan fingerprint density at radius 3 is 2.09 bits per heavy atom. The molecule has 1 nitrogen and oxygen atoms in total. The largest absolute Gasteiger partial charge is 0.311 e. The summed E-state index contributed by atoms with van der Waals surface area (Å²) in [4.78, 5) is 0. The Bertz CT molecular complexity index is 117. The molecule has 2 fully saturated rings. The molecule has 0 aromatic carbocycles. The molecule has 2 rings (SSSR count). The van der Waals surface area contributed by atoms with E-state index in [1.54, 1.807) is 0 Å². The van der Waals surface area contributed by atoms with Crippen molar-refractivity contribution < 1.29 is 0 Å². The summed E-state index contributed by atoms with van der Waals surface area (Å²) in [5.74, 6) is 2.76. The van der Waals surface area contributed by atoms with Crippen molar-refractivity contribution in [3.05, 3.63) is 0 Å². The number of thioether (sulfide) groups is 1. The molecule has 0 radical (unpaired) electrons. The lowest BCUT2D eigenvalue weighted by molar-refractivity contribution is 0.295. The summed E-state index contributed by atoms with van der Waals surface area (Å²) in [5.41, 5.74) is 0. The third-order valence-corrected chi connectivity index (χ3v) is 3.85. The summed E-state index contributed by atoms with van der Waals surface area (Å²) >= 11 is 2.11. The zero-order valence-electron chi connectivity index (χ0n) is 7.01. The minimum Gasteiger partial charge on any atom is -0.311 e. The fourth-order valence-electron chi connectivity index (χ4n) is 1.77. The summed E-state index contributed by atoms with van der Waals surface area (Å²) < 4.78 is 0. The van der Waals surface area contributed by atoms with E-state index in [9.17, 15) is 0 Å². The van der Waals surface area contributed by atoms with Crippen LogP contribution < -0.4 is 5.32 Å². The highest BCUT2D eigenvalue weighted by molar-refractivity contribution is 7.99. The van der Waals surface area contributed by atoms with Crippen LogP contribution >= 0.6 is 11.8 Å². The van der Waals surface area contributed by atoms with E-state index < -0.39 is 0 Å². The fraction of sp³-hybridized carbons (Fsp3) is 1.00. The molecule has 2 heteroatoms. The normalized spacial score (nSPS) is 28.4. The van der Waals surface area contributed by atoms with E-state index in [1.807, 2.05) is 0 Å². The molecule has 11 heavy (non-hydrogen) atoms. The van der Waals surface area contributed by atoms with Gasteiger partial charge in [-0.3, -0.25) is 0 Å². The Balaban J connectivity index is 1.67. The Kier molecular flexibility index (Phi) is 2.75. The van der Waals surface area contributed by atoms with Crippen molar-refractivity contribution in [1.29, 1.82) is 0 Å². The van der Waals surface area contributed by atoms with E-state index in [2.05, 4.69) is 17.1 Å². The van der Waals surface area contributed by atoms with E-state index in [1.165, 1.54) is 43.6 Å². The van der Waals surface area contributed by atoms with Crippen molar-refractivity contribution in [3.63, 3.8) is 0 Å². The molecule has 2 aliphatic rings. The molecule has 0 atom stereocenters. The van der Waals surface area contributed by atoms with Gasteiger partial charge in [-0.05, 0) is 37.2 Å². The Hall–Kier alpha value is 0.310. The number of hydrogen-bond donors (Lipinski definition) is 1. The van der Waals surface area contributed by atoms with Crippen LogP contribution in [0.25, 0.3) is 0 Å². The van der Waals surface area contributed by atoms with Gasteiger partial charge >= 0.3 is 0 Å². The quantitative estimate of drug-likeness (QED) is 0.682. The smallest absolute Gasteiger partial charge is 0.00853 e. The van der Waals surface area contributed by atoms with Gasteiger partial charge in [-0.1, -0.05) is 6.42 Å². The molecule has 1 N–H and O–H groups in total. The molecule has 1 heterocycles. The van der Waals surface area contributed by atoms with Gasteiger partial charge in [-0.15, -0.1) is 0 Å². The SMILES string of the molecule is C1CC(NC2CCSCC2)C1. The van der Waals surface area contributed by atoms with Gasteiger partial charge in [0.05, 0.1) is 0 Å². The molecule has 0 bridgehead atoms. The highest BCUT2D eigenvalue weighted by atomic mass is 32.2. The standard InChI is InChI=1S/C9H17NS/c1-2-8(3-1)10-9-4-6-11-7-5-9/h8-10H,1-7H2. The molecule has 0 aromatic rings. The number of rotatable bonds is 2. The first-order chi connectivity index (χ1) is 5.45. The first kappa shape index (κ1) is 7.93. The highest BCUT2D eigenvalue weighted by Gasteiger charge is 2.21. The molecular formula is C9H17NS. The van der Waals surface area contributed by atoms with Crippen LogP contribution in [0.2, 0.25) is 0 Å². The van der Waals surface area contributed by atoms with Gasteiger partial charge in [-0.25, -0.2) is 0 Å². The van der Waals surface area contributed by atoms with Crippen LogP contribution in [0.5, 0.6) is 0 Å². The predicted octanol–water partition coefficient (Wildman–Crippen LogP) is 2.02. The molecule has 64 valence electrons. The van der Waals surface area contributed by atoms with E-state index >= 15 is 0 Å². The van der Waals surface area contributed by atoms with Gasteiger partial charge in [0.2, 0.25) is 0 Å². The van der Waals surface area contributed by atoms with Crippen molar-refractivity contribution in [2.45, 2.75) is 44.2 Å². The summed E-state index contributed by atoms with van der Waals surface area (Å²) in [6.07, 6.45) is 7.13. The van der Waals surface area contributed by atoms with Crippen LogP contribution in [0, 0.1) is 0 Å². The van der Waals surface area contributed by atoms with Crippen LogP contribution in [0.15, 0.2) is 0 Å². The lowest BCUT2D eigenvalue weighted by Gasteiger charge is -2.33. The summed E-state index contributed by atoms with van der Waals surface area (Å²) in [5, 5.41) is 3.74. The number of nitrogens with one attached hydrogen (secondary N) is 1. The van der Waals surface area contributed by atoms with Gasteiger partial charge in [0.15, 0.2) is 0 Å². The molecule has 1 saturated carbocycles. The molecule has 1 aliphatic carbocycles. The van der Waals surface area contributed by atoms with Crippen LogP contribution in [0.1, 0.15) is 32.1 Å². The minimum absolute atomic E-state index is 0.863. The molecule has 0 amide bonds. The highest BCUT2D eigenvalue weighted by Crippen LogP contribution is 2.23. The van der Waals surface area contributed by atoms with Gasteiger partial charge in [0, 0.05) is 12.1 Å². The number of hydrogen-bond acceptors (Lipinski definition) is 2.